The summed E-state index contributed by atoms with van der Waals surface area (Å²) in [7, 11) is 0. The van der Waals surface area contributed by atoms with E-state index in [1.54, 1.807) is 0 Å². The maximum Gasteiger partial charge on any atom is 0.419 e. The second-order valence-corrected chi connectivity index (χ2v) is 3.79. The lowest BCUT2D eigenvalue weighted by Gasteiger charge is -2.10. The molecule has 1 unspecified atom stereocenters. The van der Waals surface area contributed by atoms with Gasteiger partial charge in [-0.1, -0.05) is 6.07 Å². The van der Waals surface area contributed by atoms with E-state index in [-0.39, 0.29) is 12.0 Å². The van der Waals surface area contributed by atoms with Gasteiger partial charge in [0.25, 0.3) is 0 Å². The third-order valence-corrected chi connectivity index (χ3v) is 2.57. The molecule has 3 nitrogen and oxygen atoms in total. The van der Waals surface area contributed by atoms with Gasteiger partial charge in [-0.25, -0.2) is 4.39 Å². The number of cyclic esters (lactones) is 2. The molecule has 7 heteroatoms. The van der Waals surface area contributed by atoms with E-state index in [0.29, 0.717) is 12.1 Å². The van der Waals surface area contributed by atoms with E-state index >= 15 is 0 Å². The number of carbonyl (C=O) groups is 2. The molecule has 0 N–H and O–H groups in total. The van der Waals surface area contributed by atoms with E-state index < -0.39 is 35.4 Å². The van der Waals surface area contributed by atoms with Crippen LogP contribution in [-0.4, -0.2) is 11.9 Å². The van der Waals surface area contributed by atoms with E-state index in [0.717, 1.165) is 6.07 Å². The van der Waals surface area contributed by atoms with Crippen molar-refractivity contribution in [2.45, 2.75) is 18.5 Å². The summed E-state index contributed by atoms with van der Waals surface area (Å²) in [6.45, 7) is 0. The molecule has 2 rings (SSSR count). The van der Waals surface area contributed by atoms with Gasteiger partial charge in [0.2, 0.25) is 0 Å². The third-order valence-electron chi connectivity index (χ3n) is 2.57. The van der Waals surface area contributed by atoms with Crippen LogP contribution in [0.5, 0.6) is 0 Å². The van der Waals surface area contributed by atoms with Crippen LogP contribution in [0.25, 0.3) is 0 Å². The number of hydrogen-bond acceptors (Lipinski definition) is 3. The Morgan fingerprint density at radius 1 is 1.22 bits per heavy atom. The summed E-state index contributed by atoms with van der Waals surface area (Å²) in [5, 5.41) is 0. The highest BCUT2D eigenvalue weighted by atomic mass is 19.4. The molecule has 0 aliphatic carbocycles. The van der Waals surface area contributed by atoms with Crippen LogP contribution in [0.2, 0.25) is 0 Å². The molecule has 1 aliphatic heterocycles. The Morgan fingerprint density at radius 2 is 1.89 bits per heavy atom. The Bertz CT molecular complexity index is 522. The Kier molecular flexibility index (Phi) is 2.84. The van der Waals surface area contributed by atoms with Crippen molar-refractivity contribution >= 4 is 11.9 Å². The minimum Gasteiger partial charge on any atom is -0.393 e. The van der Waals surface area contributed by atoms with E-state index in [1.807, 2.05) is 0 Å². The lowest BCUT2D eigenvalue weighted by molar-refractivity contribution is -0.152. The molecule has 0 spiro atoms. The first-order valence-corrected chi connectivity index (χ1v) is 4.90. The zero-order valence-electron chi connectivity index (χ0n) is 8.75. The van der Waals surface area contributed by atoms with Crippen molar-refractivity contribution in [1.82, 2.24) is 0 Å². The molecule has 0 saturated carbocycles. The van der Waals surface area contributed by atoms with Gasteiger partial charge in [-0.15, -0.1) is 0 Å². The summed E-state index contributed by atoms with van der Waals surface area (Å²) in [6.07, 6.45) is -5.09. The van der Waals surface area contributed by atoms with Crippen LogP contribution < -0.4 is 0 Å². The smallest absolute Gasteiger partial charge is 0.393 e. The quantitative estimate of drug-likeness (QED) is 0.443. The molecule has 1 saturated heterocycles. The van der Waals surface area contributed by atoms with Crippen molar-refractivity contribution in [2.75, 3.05) is 0 Å². The molecule has 0 aromatic heterocycles. The van der Waals surface area contributed by atoms with Gasteiger partial charge < -0.3 is 4.74 Å². The first kappa shape index (κ1) is 12.5. The van der Waals surface area contributed by atoms with E-state index in [4.69, 9.17) is 0 Å². The molecule has 1 aromatic rings. The lowest BCUT2D eigenvalue weighted by Crippen LogP contribution is -2.11. The number of ether oxygens (including phenoxy) is 1. The topological polar surface area (TPSA) is 43.4 Å². The minimum atomic E-state index is -4.80. The van der Waals surface area contributed by atoms with Crippen molar-refractivity contribution in [1.29, 1.82) is 0 Å². The monoisotopic (exact) mass is 262 g/mol. The van der Waals surface area contributed by atoms with E-state index in [9.17, 15) is 27.2 Å². The maximum atomic E-state index is 13.3. The molecule has 0 amide bonds. The number of esters is 2. The summed E-state index contributed by atoms with van der Waals surface area (Å²) < 4.78 is 54.4. The number of hydrogen-bond donors (Lipinski definition) is 0. The van der Waals surface area contributed by atoms with Crippen LogP contribution in [0.1, 0.15) is 23.5 Å². The fraction of sp³-hybridized carbons (Fsp3) is 0.273. The van der Waals surface area contributed by atoms with Crippen LogP contribution >= 0.6 is 0 Å². The van der Waals surface area contributed by atoms with Crippen LogP contribution in [-0.2, 0) is 20.5 Å². The fourth-order valence-electron chi connectivity index (χ4n) is 1.71. The molecule has 1 aromatic carbocycles. The van der Waals surface area contributed by atoms with Crippen molar-refractivity contribution in [3.05, 3.63) is 35.1 Å². The SMILES string of the molecule is O=C1CC(c2ccc(C(F)(F)F)c(F)c2)C(=O)O1. The lowest BCUT2D eigenvalue weighted by atomic mass is 9.96. The summed E-state index contributed by atoms with van der Waals surface area (Å²) in [5.41, 5.74) is -1.42. The van der Waals surface area contributed by atoms with Crippen molar-refractivity contribution in [3.8, 4) is 0 Å². The molecule has 1 atom stereocenters. The first-order valence-electron chi connectivity index (χ1n) is 4.90. The molecule has 18 heavy (non-hydrogen) atoms. The molecule has 1 aliphatic rings. The summed E-state index contributed by atoms with van der Waals surface area (Å²) in [5.74, 6) is -4.16. The molecular weight excluding hydrogens is 256 g/mol. The summed E-state index contributed by atoms with van der Waals surface area (Å²) in [4.78, 5) is 22.0. The van der Waals surface area contributed by atoms with Gasteiger partial charge in [-0.05, 0) is 17.7 Å². The first-order chi connectivity index (χ1) is 8.29. The normalized spacial score (nSPS) is 20.1. The predicted molar refractivity (Wildman–Crippen MR) is 49.9 cm³/mol. The largest absolute Gasteiger partial charge is 0.419 e. The van der Waals surface area contributed by atoms with Gasteiger partial charge in [-0.2, -0.15) is 13.2 Å². The van der Waals surface area contributed by atoms with Crippen LogP contribution in [0, 0.1) is 5.82 Å². The molecule has 0 radical (unpaired) electrons. The highest BCUT2D eigenvalue weighted by molar-refractivity contribution is 5.97. The number of alkyl halides is 3. The van der Waals surface area contributed by atoms with Gasteiger partial charge in [0, 0.05) is 0 Å². The standard InChI is InChI=1S/C11H6F4O3/c12-8-3-5(1-2-7(8)11(13,14)15)6-4-9(16)18-10(6)17/h1-3,6H,4H2. The van der Waals surface area contributed by atoms with Gasteiger partial charge in [0.15, 0.2) is 0 Å². The summed E-state index contributed by atoms with van der Waals surface area (Å²) >= 11 is 0. The maximum absolute atomic E-state index is 13.3. The Labute approximate surface area is 98.3 Å². The molecule has 96 valence electrons. The Morgan fingerprint density at radius 3 is 2.33 bits per heavy atom. The minimum absolute atomic E-state index is 0.00338. The van der Waals surface area contributed by atoms with Crippen molar-refractivity contribution in [2.24, 2.45) is 0 Å². The highest BCUT2D eigenvalue weighted by Gasteiger charge is 2.37. The Hall–Kier alpha value is -1.92. The fourth-order valence-corrected chi connectivity index (χ4v) is 1.71. The average molecular weight is 262 g/mol. The van der Waals surface area contributed by atoms with E-state index in [1.165, 1.54) is 0 Å². The second kappa shape index (κ2) is 4.08. The Balaban J connectivity index is 2.35. The highest BCUT2D eigenvalue weighted by Crippen LogP contribution is 2.34. The molecule has 0 bridgehead atoms. The number of halogens is 4. The zero-order valence-corrected chi connectivity index (χ0v) is 8.75. The summed E-state index contributed by atoms with van der Waals surface area (Å²) in [6, 6.07) is 2.12. The van der Waals surface area contributed by atoms with Crippen LogP contribution in [0.3, 0.4) is 0 Å². The number of rotatable bonds is 1. The average Bonchev–Trinajstić information content (AvgIpc) is 2.55. The molecular formula is C11H6F4O3. The van der Waals surface area contributed by atoms with Gasteiger partial charge in [-0.3, -0.25) is 9.59 Å². The molecule has 1 fully saturated rings. The van der Waals surface area contributed by atoms with Gasteiger partial charge >= 0.3 is 18.1 Å². The van der Waals surface area contributed by atoms with Crippen LogP contribution in [0.4, 0.5) is 17.6 Å². The van der Waals surface area contributed by atoms with Crippen LogP contribution in [0.15, 0.2) is 18.2 Å². The molecule has 1 heterocycles. The number of carbonyl (C=O) groups excluding carboxylic acids is 2. The van der Waals surface area contributed by atoms with Gasteiger partial charge in [0.1, 0.15) is 5.82 Å². The van der Waals surface area contributed by atoms with Gasteiger partial charge in [0.05, 0.1) is 17.9 Å². The van der Waals surface area contributed by atoms with Crippen molar-refractivity contribution < 1.29 is 31.9 Å². The predicted octanol–water partition coefficient (Wildman–Crippen LogP) is 2.40. The van der Waals surface area contributed by atoms with Crippen molar-refractivity contribution in [3.63, 3.8) is 0 Å². The zero-order chi connectivity index (χ0) is 13.5. The second-order valence-electron chi connectivity index (χ2n) is 3.79. The number of benzene rings is 1. The third kappa shape index (κ3) is 2.20. The van der Waals surface area contributed by atoms with E-state index in [2.05, 4.69) is 4.74 Å².